The number of carbonyl (C=O) groups is 4. The molecule has 0 aromatic heterocycles. The van der Waals surface area contributed by atoms with Gasteiger partial charge in [-0.25, -0.2) is 0 Å². The van der Waals surface area contributed by atoms with Crippen LogP contribution in [0.5, 0.6) is 28.7 Å². The number of nitrogens with zero attached hydrogens (tertiary/aromatic N) is 2. The lowest BCUT2D eigenvalue weighted by atomic mass is 9.65. The molecule has 42 heavy (non-hydrogen) atoms. The second kappa shape index (κ2) is 10.5. The molecule has 2 aromatic carbocycles. The number of hydrogen-bond donors (Lipinski definition) is 1. The van der Waals surface area contributed by atoms with Gasteiger partial charge in [-0.05, 0) is 47.9 Å². The van der Waals surface area contributed by atoms with Gasteiger partial charge in [-0.15, -0.1) is 0 Å². The van der Waals surface area contributed by atoms with Gasteiger partial charge >= 0.3 is 11.9 Å². The maximum absolute atomic E-state index is 13.3. The highest BCUT2D eigenvalue weighted by Gasteiger charge is 2.53. The van der Waals surface area contributed by atoms with Crippen LogP contribution in [0.2, 0.25) is 0 Å². The highest BCUT2D eigenvalue weighted by molar-refractivity contribution is 6.49. The van der Waals surface area contributed by atoms with E-state index in [-0.39, 0.29) is 49.4 Å². The van der Waals surface area contributed by atoms with Gasteiger partial charge in [-0.3, -0.25) is 29.1 Å². The fourth-order valence-corrected chi connectivity index (χ4v) is 6.14. The van der Waals surface area contributed by atoms with Crippen LogP contribution >= 0.6 is 0 Å². The van der Waals surface area contributed by atoms with Crippen LogP contribution in [0.1, 0.15) is 42.0 Å². The van der Waals surface area contributed by atoms with Crippen LogP contribution in [-0.4, -0.2) is 80.2 Å². The zero-order chi connectivity index (χ0) is 29.7. The smallest absolute Gasteiger partial charge is 0.326 e. The van der Waals surface area contributed by atoms with E-state index >= 15 is 0 Å². The molecule has 13 heteroatoms. The van der Waals surface area contributed by atoms with Gasteiger partial charge in [0, 0.05) is 11.8 Å². The van der Waals surface area contributed by atoms with Crippen molar-refractivity contribution in [3.63, 3.8) is 0 Å². The van der Waals surface area contributed by atoms with Gasteiger partial charge in [-0.1, -0.05) is 0 Å². The largest absolute Gasteiger partial charge is 0.502 e. The normalized spacial score (nSPS) is 24.9. The number of esters is 2. The third-order valence-corrected chi connectivity index (χ3v) is 8.01. The van der Waals surface area contributed by atoms with E-state index in [1.807, 2.05) is 0 Å². The molecule has 3 aliphatic heterocycles. The van der Waals surface area contributed by atoms with Crippen LogP contribution in [0.3, 0.4) is 0 Å². The minimum Gasteiger partial charge on any atom is -0.502 e. The Morgan fingerprint density at radius 3 is 2.33 bits per heavy atom. The van der Waals surface area contributed by atoms with E-state index in [2.05, 4.69) is 0 Å². The first-order chi connectivity index (χ1) is 20.2. The van der Waals surface area contributed by atoms with Gasteiger partial charge in [0.15, 0.2) is 23.0 Å². The molecule has 4 aliphatic rings. The summed E-state index contributed by atoms with van der Waals surface area (Å²) < 4.78 is 32.5. The number of phenols is 1. The molecule has 220 valence electrons. The van der Waals surface area contributed by atoms with Crippen LogP contribution in [0.15, 0.2) is 29.3 Å². The monoisotopic (exact) mass is 580 g/mol. The quantitative estimate of drug-likeness (QED) is 0.376. The third kappa shape index (κ3) is 4.35. The Kier molecular flexibility index (Phi) is 6.87. The number of methoxy groups -OCH3 is 2. The summed E-state index contributed by atoms with van der Waals surface area (Å²) in [5.74, 6) is -3.17. The summed E-state index contributed by atoms with van der Waals surface area (Å²) in [7, 11) is 2.82. The van der Waals surface area contributed by atoms with Crippen molar-refractivity contribution >= 4 is 29.5 Å². The molecule has 4 atom stereocenters. The zero-order valence-corrected chi connectivity index (χ0v) is 23.1. The molecule has 2 saturated heterocycles. The van der Waals surface area contributed by atoms with E-state index in [9.17, 15) is 24.3 Å². The number of carbonyl (C=O) groups excluding carboxylic acids is 4. The molecule has 6 rings (SSSR count). The average Bonchev–Trinajstić information content (AvgIpc) is 3.66. The summed E-state index contributed by atoms with van der Waals surface area (Å²) in [5, 5.41) is 10.5. The zero-order valence-electron chi connectivity index (χ0n) is 23.1. The summed E-state index contributed by atoms with van der Waals surface area (Å²) in [6.07, 6.45) is -0.295. The summed E-state index contributed by atoms with van der Waals surface area (Å²) in [6.45, 7) is 1.26. The van der Waals surface area contributed by atoms with E-state index in [0.29, 0.717) is 28.2 Å². The number of likely N-dealkylation sites (tertiary alicyclic amines) is 1. The van der Waals surface area contributed by atoms with Gasteiger partial charge in [0.05, 0.1) is 45.8 Å². The molecular formula is C29H28N2O11. The van der Waals surface area contributed by atoms with Crippen molar-refractivity contribution in [1.82, 2.24) is 4.90 Å². The molecule has 3 heterocycles. The second-order valence-electron chi connectivity index (χ2n) is 10.2. The van der Waals surface area contributed by atoms with Crippen molar-refractivity contribution in [3.05, 3.63) is 41.0 Å². The number of hydrogen-bond acceptors (Lipinski definition) is 12. The molecule has 0 bridgehead atoms. The number of fused-ring (bicyclic) bond motifs is 3. The lowest BCUT2D eigenvalue weighted by Gasteiger charge is -2.37. The molecule has 0 spiro atoms. The SMILES string of the molecule is CCOC(=O)CN1C(=O)CC(=N[C@@H]2c3cc4c(cc3[C@@H](c3cc(OC)c(O)c(OC)c3)[C@H]3C(=O)OC[C@@H]32)OCO4)C1=O. The lowest BCUT2D eigenvalue weighted by Crippen LogP contribution is -2.37. The van der Waals surface area contributed by atoms with Crippen molar-refractivity contribution in [2.24, 2.45) is 16.8 Å². The van der Waals surface area contributed by atoms with Crippen LogP contribution in [-0.2, 0) is 28.7 Å². The minimum absolute atomic E-state index is 0.00758. The highest BCUT2D eigenvalue weighted by Crippen LogP contribution is 2.56. The summed E-state index contributed by atoms with van der Waals surface area (Å²) >= 11 is 0. The molecule has 0 unspecified atom stereocenters. The number of aliphatic imine (C=N–C) groups is 1. The van der Waals surface area contributed by atoms with E-state index < -0.39 is 54.1 Å². The number of aromatic hydroxyl groups is 1. The molecule has 2 aromatic rings. The standard InChI is InChI=1S/C29H28N2O11/c1-4-39-23(33)10-31-22(32)9-17(28(31)35)30-26-15-8-19-18(41-12-42-19)7-14(15)24(25-16(26)11-40-29(25)36)13-5-20(37-2)27(34)21(6-13)38-3/h5-8,16,24-26,34H,4,9-12H2,1-3H3/t16-,24+,25-,26+/m0/s1. The van der Waals surface area contributed by atoms with Crippen LogP contribution in [0.4, 0.5) is 0 Å². The van der Waals surface area contributed by atoms with Crippen molar-refractivity contribution in [2.45, 2.75) is 25.3 Å². The summed E-state index contributed by atoms with van der Waals surface area (Å²) in [4.78, 5) is 56.8. The maximum Gasteiger partial charge on any atom is 0.326 e. The van der Waals surface area contributed by atoms with Crippen molar-refractivity contribution in [3.8, 4) is 28.7 Å². The first-order valence-corrected chi connectivity index (χ1v) is 13.4. The average molecular weight is 581 g/mol. The van der Waals surface area contributed by atoms with Gasteiger partial charge in [0.1, 0.15) is 12.3 Å². The third-order valence-electron chi connectivity index (χ3n) is 8.01. The number of cyclic esters (lactones) is 1. The molecular weight excluding hydrogens is 552 g/mol. The summed E-state index contributed by atoms with van der Waals surface area (Å²) in [6, 6.07) is 6.07. The van der Waals surface area contributed by atoms with Crippen LogP contribution < -0.4 is 18.9 Å². The molecule has 0 saturated carbocycles. The van der Waals surface area contributed by atoms with Gasteiger partial charge in [0.25, 0.3) is 5.91 Å². The molecule has 0 radical (unpaired) electrons. The second-order valence-corrected chi connectivity index (χ2v) is 10.2. The fraction of sp³-hybridized carbons (Fsp3) is 0.414. The number of rotatable bonds is 7. The predicted molar refractivity (Wildman–Crippen MR) is 142 cm³/mol. The van der Waals surface area contributed by atoms with Crippen LogP contribution in [0.25, 0.3) is 0 Å². The van der Waals surface area contributed by atoms with Gasteiger partial charge in [0.2, 0.25) is 18.4 Å². The Hall–Kier alpha value is -4.81. The number of amides is 2. The van der Waals surface area contributed by atoms with Crippen molar-refractivity contribution in [1.29, 1.82) is 0 Å². The van der Waals surface area contributed by atoms with E-state index in [4.69, 9.17) is 33.4 Å². The van der Waals surface area contributed by atoms with E-state index in [1.54, 1.807) is 31.2 Å². The fourth-order valence-electron chi connectivity index (χ4n) is 6.14. The Labute approximate surface area is 239 Å². The first kappa shape index (κ1) is 27.4. The van der Waals surface area contributed by atoms with Gasteiger partial charge in [-0.2, -0.15) is 0 Å². The molecule has 1 aliphatic carbocycles. The Bertz CT molecular complexity index is 1510. The maximum atomic E-state index is 13.3. The molecule has 2 fully saturated rings. The Morgan fingerprint density at radius 1 is 1.02 bits per heavy atom. The highest BCUT2D eigenvalue weighted by atomic mass is 16.7. The number of benzene rings is 2. The topological polar surface area (TPSA) is 159 Å². The Morgan fingerprint density at radius 2 is 1.69 bits per heavy atom. The first-order valence-electron chi connectivity index (χ1n) is 13.4. The number of imide groups is 1. The summed E-state index contributed by atoms with van der Waals surface area (Å²) in [5.41, 5.74) is 1.92. The predicted octanol–water partition coefficient (Wildman–Crippen LogP) is 1.88. The molecule has 13 nitrogen and oxygen atoms in total. The van der Waals surface area contributed by atoms with E-state index in [0.717, 1.165) is 4.90 Å². The van der Waals surface area contributed by atoms with E-state index in [1.165, 1.54) is 14.2 Å². The van der Waals surface area contributed by atoms with Crippen LogP contribution in [0, 0.1) is 11.8 Å². The number of phenolic OH excluding ortho intramolecular Hbond substituents is 1. The van der Waals surface area contributed by atoms with Crippen molar-refractivity contribution in [2.75, 3.05) is 40.8 Å². The van der Waals surface area contributed by atoms with Crippen molar-refractivity contribution < 1.29 is 52.7 Å². The minimum atomic E-state index is -0.752. The number of ether oxygens (including phenoxy) is 6. The molecule has 2 amide bonds. The lowest BCUT2D eigenvalue weighted by molar-refractivity contribution is -0.151. The van der Waals surface area contributed by atoms with Gasteiger partial charge < -0.3 is 33.5 Å². The Balaban J connectivity index is 1.48. The molecule has 1 N–H and O–H groups in total.